The Kier molecular flexibility index (Phi) is 5.72. The maximum Gasteiger partial charge on any atom is 0.257 e. The molecule has 2 amide bonds. The summed E-state index contributed by atoms with van der Waals surface area (Å²) in [6, 6.07) is 12.4. The number of aromatic nitrogens is 2. The predicted molar refractivity (Wildman–Crippen MR) is 118 cm³/mol. The van der Waals surface area contributed by atoms with Gasteiger partial charge in [-0.25, -0.2) is 0 Å². The quantitative estimate of drug-likeness (QED) is 0.659. The molecule has 6 nitrogen and oxygen atoms in total. The van der Waals surface area contributed by atoms with Crippen molar-refractivity contribution in [1.82, 2.24) is 20.4 Å². The first-order valence-electron chi connectivity index (χ1n) is 10.2. The molecule has 3 aromatic rings. The average molecular weight is 423 g/mol. The zero-order chi connectivity index (χ0) is 21.1. The second-order valence-corrected chi connectivity index (χ2v) is 8.86. The van der Waals surface area contributed by atoms with Crippen LogP contribution in [0.5, 0.6) is 0 Å². The minimum absolute atomic E-state index is 0.00935. The zero-order valence-electron chi connectivity index (χ0n) is 17.3. The van der Waals surface area contributed by atoms with Gasteiger partial charge in [0.05, 0.1) is 17.2 Å². The highest BCUT2D eigenvalue weighted by Gasteiger charge is 2.43. The number of nitrogens with one attached hydrogen (secondary N) is 2. The van der Waals surface area contributed by atoms with Gasteiger partial charge >= 0.3 is 0 Å². The molecule has 1 saturated heterocycles. The summed E-state index contributed by atoms with van der Waals surface area (Å²) in [5.74, 6) is -0.0781. The molecule has 2 N–H and O–H groups in total. The summed E-state index contributed by atoms with van der Waals surface area (Å²) >= 11 is 1.70. The molecule has 1 aliphatic heterocycles. The zero-order valence-corrected chi connectivity index (χ0v) is 18.1. The van der Waals surface area contributed by atoms with Crippen LogP contribution in [-0.4, -0.2) is 47.0 Å². The van der Waals surface area contributed by atoms with Crippen molar-refractivity contribution in [3.63, 3.8) is 0 Å². The topological polar surface area (TPSA) is 78.1 Å². The van der Waals surface area contributed by atoms with E-state index in [4.69, 9.17) is 0 Å². The number of piperidine rings is 1. The van der Waals surface area contributed by atoms with Crippen molar-refractivity contribution in [3.8, 4) is 10.4 Å². The molecular formula is C23H26N4O2S. The van der Waals surface area contributed by atoms with Crippen molar-refractivity contribution >= 4 is 23.2 Å². The summed E-state index contributed by atoms with van der Waals surface area (Å²) in [5, 5.41) is 11.7. The lowest BCUT2D eigenvalue weighted by Crippen LogP contribution is -2.54. The monoisotopic (exact) mass is 422 g/mol. The molecule has 0 bridgehead atoms. The molecule has 0 spiro atoms. The van der Waals surface area contributed by atoms with Crippen LogP contribution in [0.15, 0.2) is 48.0 Å². The lowest BCUT2D eigenvalue weighted by molar-refractivity contribution is -0.133. The van der Waals surface area contributed by atoms with Gasteiger partial charge in [0.25, 0.3) is 5.91 Å². The number of thiophene rings is 1. The minimum atomic E-state index is -0.659. The van der Waals surface area contributed by atoms with Gasteiger partial charge < -0.3 is 10.2 Å². The molecular weight excluding hydrogens is 396 g/mol. The van der Waals surface area contributed by atoms with Crippen LogP contribution >= 0.6 is 11.3 Å². The molecule has 1 aliphatic rings. The number of rotatable bonds is 5. The normalized spacial score (nSPS) is 18.9. The Morgan fingerprint density at radius 3 is 2.80 bits per heavy atom. The van der Waals surface area contributed by atoms with Gasteiger partial charge in [0.1, 0.15) is 0 Å². The molecule has 2 aromatic heterocycles. The third kappa shape index (κ3) is 3.77. The Hall–Kier alpha value is -2.93. The first-order valence-corrected chi connectivity index (χ1v) is 11.1. The van der Waals surface area contributed by atoms with Gasteiger partial charge in [-0.05, 0) is 48.8 Å². The minimum Gasteiger partial charge on any atom is -0.359 e. The second kappa shape index (κ2) is 8.44. The fourth-order valence-electron chi connectivity index (χ4n) is 4.43. The maximum atomic E-state index is 13.1. The molecule has 7 heteroatoms. The molecule has 0 radical (unpaired) electrons. The Balaban J connectivity index is 1.67. The summed E-state index contributed by atoms with van der Waals surface area (Å²) in [6.07, 6.45) is 3.70. The van der Waals surface area contributed by atoms with E-state index >= 15 is 0 Å². The fourth-order valence-corrected chi connectivity index (χ4v) is 5.22. The number of amides is 2. The summed E-state index contributed by atoms with van der Waals surface area (Å²) in [6.45, 7) is 2.89. The van der Waals surface area contributed by atoms with Crippen molar-refractivity contribution in [2.45, 2.75) is 26.2 Å². The third-order valence-corrected chi connectivity index (χ3v) is 6.87. The second-order valence-electron chi connectivity index (χ2n) is 7.91. The molecule has 1 unspecified atom stereocenters. The first-order chi connectivity index (χ1) is 14.5. The summed E-state index contributed by atoms with van der Waals surface area (Å²) in [7, 11) is 1.68. The van der Waals surface area contributed by atoms with Crippen LogP contribution in [0.4, 0.5) is 0 Å². The van der Waals surface area contributed by atoms with E-state index in [1.165, 1.54) is 4.88 Å². The average Bonchev–Trinajstić information content (AvgIpc) is 3.45. The maximum absolute atomic E-state index is 13.1. The third-order valence-electron chi connectivity index (χ3n) is 5.97. The smallest absolute Gasteiger partial charge is 0.257 e. The molecule has 4 rings (SSSR count). The molecule has 1 fully saturated rings. The number of H-pyrrole nitrogens is 1. The Labute approximate surface area is 180 Å². The van der Waals surface area contributed by atoms with Crippen molar-refractivity contribution in [2.24, 2.45) is 5.41 Å². The highest BCUT2D eigenvalue weighted by molar-refractivity contribution is 7.13. The molecule has 3 heterocycles. The number of carbonyl (C=O) groups excluding carboxylic acids is 2. The highest BCUT2D eigenvalue weighted by Crippen LogP contribution is 2.38. The van der Waals surface area contributed by atoms with Crippen LogP contribution in [-0.2, 0) is 11.2 Å². The number of aryl methyl sites for hydroxylation is 1. The SMILES string of the molecule is CNC(=O)C1(Cc2ccccc2-c2cccs2)CCCN(C(=O)c2cn[nH]c2C)C1. The van der Waals surface area contributed by atoms with E-state index in [-0.39, 0.29) is 11.8 Å². The number of likely N-dealkylation sites (tertiary alicyclic amines) is 1. The fraction of sp³-hybridized carbons (Fsp3) is 0.348. The van der Waals surface area contributed by atoms with Crippen LogP contribution in [0, 0.1) is 12.3 Å². The molecule has 0 aliphatic carbocycles. The molecule has 30 heavy (non-hydrogen) atoms. The van der Waals surface area contributed by atoms with Crippen LogP contribution in [0.1, 0.15) is 34.5 Å². The van der Waals surface area contributed by atoms with Gasteiger partial charge in [-0.2, -0.15) is 5.10 Å². The van der Waals surface area contributed by atoms with Gasteiger partial charge in [-0.1, -0.05) is 30.3 Å². The van der Waals surface area contributed by atoms with E-state index in [1.54, 1.807) is 24.6 Å². The Morgan fingerprint density at radius 1 is 1.27 bits per heavy atom. The predicted octanol–water partition coefficient (Wildman–Crippen LogP) is 3.66. The van der Waals surface area contributed by atoms with Crippen LogP contribution < -0.4 is 5.32 Å². The first kappa shape index (κ1) is 20.3. The largest absolute Gasteiger partial charge is 0.359 e. The van der Waals surface area contributed by atoms with Gasteiger partial charge in [0, 0.05) is 30.7 Å². The van der Waals surface area contributed by atoms with Gasteiger partial charge in [0.15, 0.2) is 0 Å². The van der Waals surface area contributed by atoms with Crippen LogP contribution in [0.2, 0.25) is 0 Å². The van der Waals surface area contributed by atoms with E-state index in [9.17, 15) is 9.59 Å². The number of aromatic amines is 1. The standard InChI is InChI=1S/C23H26N4O2S/c1-16-19(14-25-26-16)21(28)27-11-6-10-23(15-27,22(29)24-2)13-17-7-3-4-8-18(17)20-9-5-12-30-20/h3-5,7-9,12,14H,6,10-11,13,15H2,1-2H3,(H,24,29)(H,25,26). The number of benzene rings is 1. The molecule has 0 saturated carbocycles. The number of hydrogen-bond donors (Lipinski definition) is 2. The lowest BCUT2D eigenvalue weighted by Gasteiger charge is -2.42. The highest BCUT2D eigenvalue weighted by atomic mass is 32.1. The van der Waals surface area contributed by atoms with E-state index in [2.05, 4.69) is 39.1 Å². The Bertz CT molecular complexity index is 1040. The van der Waals surface area contributed by atoms with Crippen molar-refractivity contribution < 1.29 is 9.59 Å². The van der Waals surface area contributed by atoms with Gasteiger partial charge in [-0.3, -0.25) is 14.7 Å². The van der Waals surface area contributed by atoms with Crippen LogP contribution in [0.3, 0.4) is 0 Å². The molecule has 1 aromatic carbocycles. The van der Waals surface area contributed by atoms with Crippen molar-refractivity contribution in [3.05, 3.63) is 64.8 Å². The van der Waals surface area contributed by atoms with Crippen LogP contribution in [0.25, 0.3) is 10.4 Å². The molecule has 156 valence electrons. The number of hydrogen-bond acceptors (Lipinski definition) is 4. The van der Waals surface area contributed by atoms with Crippen molar-refractivity contribution in [2.75, 3.05) is 20.1 Å². The number of nitrogens with zero attached hydrogens (tertiary/aromatic N) is 2. The molecule has 1 atom stereocenters. The van der Waals surface area contributed by atoms with E-state index in [0.29, 0.717) is 25.1 Å². The number of carbonyl (C=O) groups is 2. The van der Waals surface area contributed by atoms with Gasteiger partial charge in [0.2, 0.25) is 5.91 Å². The summed E-state index contributed by atoms with van der Waals surface area (Å²) in [5.41, 5.74) is 2.95. The van der Waals surface area contributed by atoms with E-state index in [1.807, 2.05) is 30.0 Å². The summed E-state index contributed by atoms with van der Waals surface area (Å²) < 4.78 is 0. The van der Waals surface area contributed by atoms with Crippen molar-refractivity contribution in [1.29, 1.82) is 0 Å². The summed E-state index contributed by atoms with van der Waals surface area (Å²) in [4.78, 5) is 29.3. The lowest BCUT2D eigenvalue weighted by atomic mass is 9.73. The Morgan fingerprint density at radius 2 is 2.10 bits per heavy atom. The van der Waals surface area contributed by atoms with E-state index < -0.39 is 5.41 Å². The van der Waals surface area contributed by atoms with E-state index in [0.717, 1.165) is 29.7 Å². The van der Waals surface area contributed by atoms with Gasteiger partial charge in [-0.15, -0.1) is 11.3 Å².